The van der Waals surface area contributed by atoms with Gasteiger partial charge >= 0.3 is 0 Å². The van der Waals surface area contributed by atoms with Crippen LogP contribution in [0.4, 0.5) is 11.6 Å². The molecule has 1 aromatic carbocycles. The summed E-state index contributed by atoms with van der Waals surface area (Å²) < 4.78 is 16.3. The number of hydrogen-bond donors (Lipinski definition) is 1. The molecule has 5 rings (SSSR count). The Morgan fingerprint density at radius 2 is 2.16 bits per heavy atom. The molecule has 0 bridgehead atoms. The minimum absolute atomic E-state index is 0.189. The van der Waals surface area contributed by atoms with Gasteiger partial charge in [0.25, 0.3) is 5.91 Å². The number of ether oxygens (including phenoxy) is 2. The smallest absolute Gasteiger partial charge is 0.260 e. The number of aliphatic imine (C=N–C) groups is 2. The lowest BCUT2D eigenvalue weighted by Crippen LogP contribution is -2.30. The van der Waals surface area contributed by atoms with E-state index >= 15 is 0 Å². The van der Waals surface area contributed by atoms with E-state index in [1.165, 1.54) is 0 Å². The van der Waals surface area contributed by atoms with Crippen molar-refractivity contribution in [1.29, 1.82) is 0 Å². The number of hydrogen-bond acceptors (Lipinski definition) is 7. The van der Waals surface area contributed by atoms with E-state index in [2.05, 4.69) is 15.3 Å². The second-order valence-electron chi connectivity index (χ2n) is 5.88. The zero-order valence-electron chi connectivity index (χ0n) is 13.4. The first-order chi connectivity index (χ1) is 12.2. The van der Waals surface area contributed by atoms with Gasteiger partial charge in [0.05, 0.1) is 17.7 Å². The first kappa shape index (κ1) is 14.1. The molecule has 3 aliphatic heterocycles. The molecule has 1 amide bonds. The summed E-state index contributed by atoms with van der Waals surface area (Å²) in [5.41, 5.74) is 1.72. The van der Waals surface area contributed by atoms with Crippen molar-refractivity contribution in [1.82, 2.24) is 4.90 Å². The van der Waals surface area contributed by atoms with Gasteiger partial charge in [-0.1, -0.05) is 0 Å². The lowest BCUT2D eigenvalue weighted by molar-refractivity contribution is 0.102. The topological polar surface area (TPSA) is 88.7 Å². The molecule has 0 fully saturated rings. The van der Waals surface area contributed by atoms with Gasteiger partial charge in [0.1, 0.15) is 17.9 Å². The number of rotatable bonds is 2. The highest BCUT2D eigenvalue weighted by atomic mass is 16.7. The summed E-state index contributed by atoms with van der Waals surface area (Å²) in [5, 5.41) is 2.89. The maximum absolute atomic E-state index is 12.9. The standard InChI is InChI=1S/C17H14N4O4/c1-9-13(14-15-18-4-5-21(15)7-19-17(14)25-9)16(22)20-10-2-3-11-12(6-10)24-8-23-11/h2-3,6-7H,4-5,8H2,1H3,(H,20,22). The van der Waals surface area contributed by atoms with Crippen LogP contribution in [0.25, 0.3) is 0 Å². The largest absolute Gasteiger partial charge is 0.454 e. The summed E-state index contributed by atoms with van der Waals surface area (Å²) in [6.07, 6.45) is 1.69. The molecule has 8 nitrogen and oxygen atoms in total. The molecule has 1 aromatic heterocycles. The summed E-state index contributed by atoms with van der Waals surface area (Å²) in [4.78, 5) is 23.6. The van der Waals surface area contributed by atoms with E-state index in [9.17, 15) is 4.79 Å². The Kier molecular flexibility index (Phi) is 2.87. The van der Waals surface area contributed by atoms with Crippen LogP contribution in [-0.2, 0) is 0 Å². The van der Waals surface area contributed by atoms with Crippen LogP contribution in [-0.4, -0.2) is 42.9 Å². The van der Waals surface area contributed by atoms with Crippen LogP contribution in [0.3, 0.4) is 0 Å². The molecule has 0 aliphatic carbocycles. The molecule has 0 saturated carbocycles. The fourth-order valence-corrected chi connectivity index (χ4v) is 3.19. The number of anilines is 1. The zero-order chi connectivity index (χ0) is 17.0. The number of carbonyl (C=O) groups is 1. The summed E-state index contributed by atoms with van der Waals surface area (Å²) in [6, 6.07) is 5.27. The average Bonchev–Trinajstić information content (AvgIpc) is 3.30. The number of amidine groups is 1. The fraction of sp³-hybridized carbons (Fsp3) is 0.235. The van der Waals surface area contributed by atoms with Crippen LogP contribution in [0.2, 0.25) is 0 Å². The molecule has 0 atom stereocenters. The molecule has 4 heterocycles. The van der Waals surface area contributed by atoms with Gasteiger partial charge in [-0.3, -0.25) is 9.79 Å². The maximum atomic E-state index is 12.9. The molecule has 126 valence electrons. The van der Waals surface area contributed by atoms with E-state index in [0.717, 1.165) is 12.4 Å². The number of nitrogens with zero attached hydrogens (tertiary/aromatic N) is 3. The monoisotopic (exact) mass is 338 g/mol. The van der Waals surface area contributed by atoms with E-state index < -0.39 is 0 Å². The van der Waals surface area contributed by atoms with Crippen LogP contribution < -0.4 is 14.8 Å². The Balaban J connectivity index is 1.51. The van der Waals surface area contributed by atoms with Crippen molar-refractivity contribution in [2.24, 2.45) is 9.98 Å². The molecule has 1 N–H and O–H groups in total. The van der Waals surface area contributed by atoms with Crippen molar-refractivity contribution < 1.29 is 18.7 Å². The second kappa shape index (κ2) is 5.10. The highest BCUT2D eigenvalue weighted by Gasteiger charge is 2.33. The van der Waals surface area contributed by atoms with Crippen LogP contribution in [0.1, 0.15) is 21.7 Å². The highest BCUT2D eigenvalue weighted by Crippen LogP contribution is 2.36. The number of fused-ring (bicyclic) bond motifs is 4. The van der Waals surface area contributed by atoms with E-state index in [4.69, 9.17) is 13.9 Å². The average molecular weight is 338 g/mol. The number of nitrogens with one attached hydrogen (secondary N) is 1. The van der Waals surface area contributed by atoms with Gasteiger partial charge in [0, 0.05) is 18.3 Å². The normalized spacial score (nSPS) is 16.5. The third kappa shape index (κ3) is 2.10. The van der Waals surface area contributed by atoms with Gasteiger partial charge in [-0.05, 0) is 19.1 Å². The van der Waals surface area contributed by atoms with Crippen molar-refractivity contribution >= 4 is 29.7 Å². The van der Waals surface area contributed by atoms with E-state index in [0.29, 0.717) is 46.5 Å². The Morgan fingerprint density at radius 3 is 3.08 bits per heavy atom. The van der Waals surface area contributed by atoms with Crippen molar-refractivity contribution in [2.75, 3.05) is 25.2 Å². The molecule has 25 heavy (non-hydrogen) atoms. The minimum atomic E-state index is -0.270. The Bertz CT molecular complexity index is 960. The minimum Gasteiger partial charge on any atom is -0.454 e. The Labute approximate surface area is 142 Å². The highest BCUT2D eigenvalue weighted by molar-refractivity contribution is 6.19. The summed E-state index contributed by atoms with van der Waals surface area (Å²) in [7, 11) is 0. The van der Waals surface area contributed by atoms with Crippen LogP contribution in [0, 0.1) is 6.92 Å². The van der Waals surface area contributed by atoms with Gasteiger partial charge in [-0.15, -0.1) is 0 Å². The molecular formula is C17H14N4O4. The molecular weight excluding hydrogens is 324 g/mol. The van der Waals surface area contributed by atoms with Gasteiger partial charge in [-0.25, -0.2) is 4.99 Å². The van der Waals surface area contributed by atoms with E-state index in [1.54, 1.807) is 31.5 Å². The third-order valence-electron chi connectivity index (χ3n) is 4.34. The fourth-order valence-electron chi connectivity index (χ4n) is 3.19. The van der Waals surface area contributed by atoms with Crippen LogP contribution in [0.5, 0.6) is 11.5 Å². The SMILES string of the molecule is Cc1oc2c(c1C(=O)Nc1ccc3c(c1)OCO3)C1=NCCN1C=N2. The molecule has 8 heteroatoms. The summed E-state index contributed by atoms with van der Waals surface area (Å²) in [6.45, 7) is 3.37. The number of carbonyl (C=O) groups excluding carboxylic acids is 1. The molecule has 0 spiro atoms. The maximum Gasteiger partial charge on any atom is 0.260 e. The van der Waals surface area contributed by atoms with Crippen LogP contribution in [0.15, 0.2) is 32.6 Å². The number of benzene rings is 1. The van der Waals surface area contributed by atoms with Gasteiger partial charge in [0.2, 0.25) is 12.7 Å². The van der Waals surface area contributed by atoms with Crippen molar-refractivity contribution in [3.8, 4) is 11.5 Å². The van der Waals surface area contributed by atoms with Crippen molar-refractivity contribution in [3.63, 3.8) is 0 Å². The van der Waals surface area contributed by atoms with Gasteiger partial charge in [-0.2, -0.15) is 0 Å². The molecule has 3 aliphatic rings. The molecule has 0 saturated heterocycles. The summed E-state index contributed by atoms with van der Waals surface area (Å²) in [5.74, 6) is 2.67. The van der Waals surface area contributed by atoms with Gasteiger partial charge < -0.3 is 24.1 Å². The molecule has 0 radical (unpaired) electrons. The van der Waals surface area contributed by atoms with Crippen molar-refractivity contribution in [3.05, 3.63) is 35.1 Å². The first-order valence-corrected chi connectivity index (χ1v) is 7.91. The van der Waals surface area contributed by atoms with Gasteiger partial charge in [0.15, 0.2) is 11.5 Å². The van der Waals surface area contributed by atoms with Crippen LogP contribution >= 0.6 is 0 Å². The molecule has 2 aromatic rings. The number of furan rings is 1. The third-order valence-corrected chi connectivity index (χ3v) is 4.34. The Hall–Kier alpha value is -3.29. The van der Waals surface area contributed by atoms with E-state index in [1.807, 2.05) is 4.90 Å². The lowest BCUT2D eigenvalue weighted by atomic mass is 10.1. The summed E-state index contributed by atoms with van der Waals surface area (Å²) >= 11 is 0. The van der Waals surface area contributed by atoms with Crippen molar-refractivity contribution in [2.45, 2.75) is 6.92 Å². The number of amides is 1. The quantitative estimate of drug-likeness (QED) is 0.908. The second-order valence-corrected chi connectivity index (χ2v) is 5.88. The first-order valence-electron chi connectivity index (χ1n) is 7.91. The van der Waals surface area contributed by atoms with E-state index in [-0.39, 0.29) is 12.7 Å². The predicted octanol–water partition coefficient (Wildman–Crippen LogP) is 2.30. The predicted molar refractivity (Wildman–Crippen MR) is 90.2 cm³/mol. The number of aryl methyl sites for hydroxylation is 1. The lowest BCUT2D eigenvalue weighted by Gasteiger charge is -2.18. The molecule has 0 unspecified atom stereocenters. The zero-order valence-corrected chi connectivity index (χ0v) is 13.4. The Morgan fingerprint density at radius 1 is 1.28 bits per heavy atom.